The van der Waals surface area contributed by atoms with Crippen LogP contribution in [0.3, 0.4) is 0 Å². The summed E-state index contributed by atoms with van der Waals surface area (Å²) in [7, 11) is 0. The molecule has 2 rings (SSSR count). The number of fused-ring (bicyclic) bond motifs is 1. The second-order valence-corrected chi connectivity index (χ2v) is 3.15. The number of rotatable bonds is 0. The smallest absolute Gasteiger partial charge is 0.0719 e. The van der Waals surface area contributed by atoms with E-state index in [1.54, 1.807) is 0 Å². The van der Waals surface area contributed by atoms with Gasteiger partial charge in [-0.05, 0) is 29.7 Å². The normalized spacial score (nSPS) is 16.1. The molecule has 0 saturated carbocycles. The predicted octanol–water partition coefficient (Wildman–Crippen LogP) is 2.41. The quantitative estimate of drug-likeness (QED) is 0.578. The van der Waals surface area contributed by atoms with Crippen LogP contribution in [0.1, 0.15) is 11.1 Å². The van der Waals surface area contributed by atoms with Gasteiger partial charge in [0.1, 0.15) is 0 Å². The van der Waals surface area contributed by atoms with E-state index in [1.807, 2.05) is 18.2 Å². The molecule has 0 spiro atoms. The van der Waals surface area contributed by atoms with Crippen LogP contribution in [0.15, 0.2) is 18.2 Å². The first-order valence-corrected chi connectivity index (χ1v) is 4.09. The lowest BCUT2D eigenvalue weighted by atomic mass is 10.0. The van der Waals surface area contributed by atoms with E-state index < -0.39 is 0 Å². The lowest BCUT2D eigenvalue weighted by Gasteiger charge is -2.15. The summed E-state index contributed by atoms with van der Waals surface area (Å²) in [6.07, 6.45) is 0.996. The van der Waals surface area contributed by atoms with Gasteiger partial charge in [-0.1, -0.05) is 17.7 Å². The van der Waals surface area contributed by atoms with Crippen molar-refractivity contribution in [3.63, 3.8) is 0 Å². The number of halogens is 1. The van der Waals surface area contributed by atoms with E-state index in [0.29, 0.717) is 0 Å². The Kier molecular flexibility index (Phi) is 1.84. The summed E-state index contributed by atoms with van der Waals surface area (Å²) in [6.45, 7) is 1.57. The van der Waals surface area contributed by atoms with Crippen LogP contribution in [0.2, 0.25) is 5.02 Å². The minimum absolute atomic E-state index is 0.743. The monoisotopic (exact) mass is 168 g/mol. The molecule has 1 nitrogen and oxygen atoms in total. The van der Waals surface area contributed by atoms with Crippen LogP contribution in [0.5, 0.6) is 0 Å². The molecule has 11 heavy (non-hydrogen) atoms. The van der Waals surface area contributed by atoms with Crippen LogP contribution in [0, 0.1) is 0 Å². The van der Waals surface area contributed by atoms with Gasteiger partial charge in [-0.25, -0.2) is 0 Å². The van der Waals surface area contributed by atoms with E-state index in [9.17, 15) is 0 Å². The van der Waals surface area contributed by atoms with E-state index >= 15 is 0 Å². The van der Waals surface area contributed by atoms with Gasteiger partial charge in [0.25, 0.3) is 0 Å². The molecule has 1 aromatic rings. The largest absolute Gasteiger partial charge is 0.376 e. The molecule has 0 saturated heterocycles. The molecule has 0 atom stereocenters. The van der Waals surface area contributed by atoms with Crippen LogP contribution in [-0.4, -0.2) is 6.61 Å². The predicted molar refractivity (Wildman–Crippen MR) is 44.8 cm³/mol. The molecule has 1 aliphatic heterocycles. The molecule has 1 aliphatic rings. The molecule has 1 aromatic carbocycles. The van der Waals surface area contributed by atoms with Gasteiger partial charge in [0.05, 0.1) is 13.2 Å². The summed E-state index contributed by atoms with van der Waals surface area (Å²) in [6, 6.07) is 5.98. The highest BCUT2D eigenvalue weighted by Crippen LogP contribution is 2.20. The fourth-order valence-electron chi connectivity index (χ4n) is 1.33. The van der Waals surface area contributed by atoms with E-state index in [0.717, 1.165) is 24.7 Å². The third kappa shape index (κ3) is 1.39. The first-order valence-electron chi connectivity index (χ1n) is 3.71. The Morgan fingerprint density at radius 1 is 1.27 bits per heavy atom. The molecule has 0 bridgehead atoms. The Labute approximate surface area is 70.9 Å². The van der Waals surface area contributed by atoms with Crippen LogP contribution >= 0.6 is 11.6 Å². The molecule has 0 amide bonds. The summed E-state index contributed by atoms with van der Waals surface area (Å²) in [4.78, 5) is 0. The van der Waals surface area contributed by atoms with Crippen LogP contribution < -0.4 is 0 Å². The number of benzene rings is 1. The van der Waals surface area contributed by atoms with Gasteiger partial charge in [0, 0.05) is 5.02 Å². The molecule has 0 aliphatic carbocycles. The Morgan fingerprint density at radius 2 is 2.18 bits per heavy atom. The van der Waals surface area contributed by atoms with Gasteiger partial charge in [-0.2, -0.15) is 0 Å². The molecule has 0 fully saturated rings. The molecule has 0 radical (unpaired) electrons. The highest BCUT2D eigenvalue weighted by atomic mass is 35.5. The van der Waals surface area contributed by atoms with E-state index in [4.69, 9.17) is 16.3 Å². The van der Waals surface area contributed by atoms with E-state index in [2.05, 4.69) is 0 Å². The lowest BCUT2D eigenvalue weighted by Crippen LogP contribution is -2.09. The Balaban J connectivity index is 2.43. The lowest BCUT2D eigenvalue weighted by molar-refractivity contribution is 0.111. The van der Waals surface area contributed by atoms with Crippen LogP contribution in [-0.2, 0) is 17.8 Å². The topological polar surface area (TPSA) is 9.23 Å². The summed E-state index contributed by atoms with van der Waals surface area (Å²) < 4.78 is 5.29. The highest BCUT2D eigenvalue weighted by Gasteiger charge is 2.08. The standard InChI is InChI=1S/C9H9ClO/c10-9-2-1-8-6-11-4-3-7(8)5-9/h1-2,5H,3-4,6H2. The zero-order chi connectivity index (χ0) is 7.68. The third-order valence-electron chi connectivity index (χ3n) is 1.94. The molecular weight excluding hydrogens is 160 g/mol. The maximum absolute atomic E-state index is 5.84. The first-order chi connectivity index (χ1) is 5.36. The summed E-state index contributed by atoms with van der Waals surface area (Å²) in [5.74, 6) is 0. The second-order valence-electron chi connectivity index (χ2n) is 2.72. The van der Waals surface area contributed by atoms with Crippen molar-refractivity contribution < 1.29 is 4.74 Å². The minimum atomic E-state index is 0.743. The van der Waals surface area contributed by atoms with Crippen molar-refractivity contribution in [1.29, 1.82) is 0 Å². The zero-order valence-corrected chi connectivity index (χ0v) is 6.90. The van der Waals surface area contributed by atoms with Crippen molar-refractivity contribution in [3.8, 4) is 0 Å². The van der Waals surface area contributed by atoms with Gasteiger partial charge in [-0.3, -0.25) is 0 Å². The Hall–Kier alpha value is -0.530. The number of ether oxygens (including phenoxy) is 1. The highest BCUT2D eigenvalue weighted by molar-refractivity contribution is 6.30. The molecule has 58 valence electrons. The minimum Gasteiger partial charge on any atom is -0.376 e. The third-order valence-corrected chi connectivity index (χ3v) is 2.18. The van der Waals surface area contributed by atoms with Gasteiger partial charge >= 0.3 is 0 Å². The zero-order valence-electron chi connectivity index (χ0n) is 6.14. The Morgan fingerprint density at radius 3 is 3.09 bits per heavy atom. The van der Waals surface area contributed by atoms with Gasteiger partial charge < -0.3 is 4.74 Å². The molecule has 0 N–H and O–H groups in total. The molecule has 2 heteroatoms. The summed E-state index contributed by atoms with van der Waals surface area (Å²) in [5, 5.41) is 0.825. The summed E-state index contributed by atoms with van der Waals surface area (Å²) in [5.41, 5.74) is 2.62. The van der Waals surface area contributed by atoms with Crippen molar-refractivity contribution in [2.24, 2.45) is 0 Å². The molecule has 0 aromatic heterocycles. The van der Waals surface area contributed by atoms with Crippen molar-refractivity contribution in [1.82, 2.24) is 0 Å². The van der Waals surface area contributed by atoms with Crippen molar-refractivity contribution in [2.45, 2.75) is 13.0 Å². The SMILES string of the molecule is Clc1ccc2c(c1)CCOC2. The van der Waals surface area contributed by atoms with E-state index in [1.165, 1.54) is 11.1 Å². The van der Waals surface area contributed by atoms with Crippen LogP contribution in [0.25, 0.3) is 0 Å². The molecule has 0 unspecified atom stereocenters. The van der Waals surface area contributed by atoms with Gasteiger partial charge in [-0.15, -0.1) is 0 Å². The average Bonchev–Trinajstić information content (AvgIpc) is 2.04. The molecular formula is C9H9ClO. The maximum Gasteiger partial charge on any atom is 0.0719 e. The average molecular weight is 169 g/mol. The van der Waals surface area contributed by atoms with Crippen LogP contribution in [0.4, 0.5) is 0 Å². The maximum atomic E-state index is 5.84. The number of hydrogen-bond acceptors (Lipinski definition) is 1. The van der Waals surface area contributed by atoms with Gasteiger partial charge in [0.2, 0.25) is 0 Å². The van der Waals surface area contributed by atoms with Crippen molar-refractivity contribution in [2.75, 3.05) is 6.61 Å². The fourth-order valence-corrected chi connectivity index (χ4v) is 1.53. The second kappa shape index (κ2) is 2.84. The Bertz CT molecular complexity index is 270. The van der Waals surface area contributed by atoms with Crippen molar-refractivity contribution >= 4 is 11.6 Å². The van der Waals surface area contributed by atoms with Crippen molar-refractivity contribution in [3.05, 3.63) is 34.3 Å². The molecule has 1 heterocycles. The summed E-state index contributed by atoms with van der Waals surface area (Å²) >= 11 is 5.84. The fraction of sp³-hybridized carbons (Fsp3) is 0.333. The number of hydrogen-bond donors (Lipinski definition) is 0. The first kappa shape index (κ1) is 7.14. The van der Waals surface area contributed by atoms with Gasteiger partial charge in [0.15, 0.2) is 0 Å². The van der Waals surface area contributed by atoms with E-state index in [-0.39, 0.29) is 0 Å².